The van der Waals surface area contributed by atoms with Crippen molar-refractivity contribution < 1.29 is 34.5 Å². The number of oxime groups is 1. The van der Waals surface area contributed by atoms with Crippen molar-refractivity contribution in [3.63, 3.8) is 0 Å². The van der Waals surface area contributed by atoms with Gasteiger partial charge in [-0.1, -0.05) is 5.16 Å². The number of aliphatic hydroxyl groups is 2. The Kier molecular flexibility index (Phi) is 5.66. The molecule has 3 aliphatic carbocycles. The average Bonchev–Trinajstić information content (AvgIpc) is 2.70. The average molecular weight is 468 g/mol. The van der Waals surface area contributed by atoms with Gasteiger partial charge in [-0.05, 0) is 77.0 Å². The molecule has 3 aliphatic rings. The monoisotopic (exact) mass is 467 g/mol. The summed E-state index contributed by atoms with van der Waals surface area (Å²) in [5.41, 5.74) is 1.32. The third-order valence-corrected chi connectivity index (χ3v) is 6.72. The molecule has 0 heterocycles. The summed E-state index contributed by atoms with van der Waals surface area (Å²) >= 11 is 0. The van der Waals surface area contributed by atoms with E-state index in [9.17, 15) is 29.7 Å². The first-order valence-electron chi connectivity index (χ1n) is 11.3. The van der Waals surface area contributed by atoms with Crippen LogP contribution in [0.25, 0.3) is 5.76 Å². The standard InChI is InChI=1S/C26H29NO7/c1-11(27-34-26(3,4)5)15-6-7-17(29)22-16(15)9-13-8-14-10-18(30)19(12(2)28)23(31)21(14)24(32)20(13)25(22)33/h6-7,13-14,21,29,31,33H,8-10H2,1-5H3/b27-11+. The summed E-state index contributed by atoms with van der Waals surface area (Å²) in [5.74, 6) is -4.52. The fraction of sp³-hybridized carbons (Fsp3) is 0.462. The molecule has 4 rings (SSSR count). The second-order valence-corrected chi connectivity index (χ2v) is 10.3. The van der Waals surface area contributed by atoms with Gasteiger partial charge in [0.1, 0.15) is 22.9 Å². The van der Waals surface area contributed by atoms with E-state index in [0.717, 1.165) is 0 Å². The number of hydrogen-bond donors (Lipinski definition) is 3. The van der Waals surface area contributed by atoms with Gasteiger partial charge < -0.3 is 20.2 Å². The minimum absolute atomic E-state index is 0.0143. The van der Waals surface area contributed by atoms with Gasteiger partial charge >= 0.3 is 0 Å². The predicted octanol–water partition coefficient (Wildman–Crippen LogP) is 3.95. The molecule has 3 unspecified atom stereocenters. The van der Waals surface area contributed by atoms with E-state index in [4.69, 9.17) is 4.84 Å². The van der Waals surface area contributed by atoms with Crippen molar-refractivity contribution in [2.24, 2.45) is 22.9 Å². The van der Waals surface area contributed by atoms with Gasteiger partial charge in [0.05, 0.1) is 22.8 Å². The van der Waals surface area contributed by atoms with Crippen molar-refractivity contribution in [3.05, 3.63) is 45.7 Å². The molecule has 0 saturated heterocycles. The van der Waals surface area contributed by atoms with Crippen LogP contribution in [0.15, 0.2) is 34.2 Å². The molecule has 0 spiro atoms. The number of allylic oxidation sites excluding steroid dienone is 3. The highest BCUT2D eigenvalue weighted by Crippen LogP contribution is 2.50. The smallest absolute Gasteiger partial charge is 0.173 e. The van der Waals surface area contributed by atoms with Crippen LogP contribution in [0.3, 0.4) is 0 Å². The Balaban J connectivity index is 1.83. The Morgan fingerprint density at radius 1 is 1.09 bits per heavy atom. The second-order valence-electron chi connectivity index (χ2n) is 10.3. The minimum atomic E-state index is -1.06. The first-order chi connectivity index (χ1) is 15.8. The van der Waals surface area contributed by atoms with Crippen LogP contribution in [0.5, 0.6) is 5.75 Å². The molecule has 0 radical (unpaired) electrons. The van der Waals surface area contributed by atoms with Crippen LogP contribution in [0.4, 0.5) is 0 Å². The predicted molar refractivity (Wildman–Crippen MR) is 124 cm³/mol. The summed E-state index contributed by atoms with van der Waals surface area (Å²) in [7, 11) is 0. The maximum atomic E-state index is 13.5. The van der Waals surface area contributed by atoms with E-state index in [1.807, 2.05) is 20.8 Å². The fourth-order valence-corrected chi connectivity index (χ4v) is 5.35. The van der Waals surface area contributed by atoms with E-state index in [1.54, 1.807) is 13.0 Å². The number of phenolic OH excluding ortho intramolecular Hbond substituents is 1. The first kappa shape index (κ1) is 23.7. The molecule has 8 heteroatoms. The van der Waals surface area contributed by atoms with Crippen molar-refractivity contribution in [2.45, 2.75) is 59.5 Å². The highest BCUT2D eigenvalue weighted by Gasteiger charge is 2.50. The van der Waals surface area contributed by atoms with Gasteiger partial charge in [0.25, 0.3) is 0 Å². The Hall–Kier alpha value is -3.42. The highest BCUT2D eigenvalue weighted by atomic mass is 16.6. The Morgan fingerprint density at radius 2 is 1.76 bits per heavy atom. The molecular formula is C26H29NO7. The number of benzene rings is 1. The van der Waals surface area contributed by atoms with Gasteiger partial charge in [-0.15, -0.1) is 0 Å². The topological polar surface area (TPSA) is 133 Å². The number of nitrogens with zero attached hydrogens (tertiary/aromatic N) is 1. The molecule has 0 aromatic heterocycles. The van der Waals surface area contributed by atoms with E-state index in [-0.39, 0.29) is 34.6 Å². The number of ketones is 3. The van der Waals surface area contributed by atoms with Crippen molar-refractivity contribution >= 4 is 28.8 Å². The van der Waals surface area contributed by atoms with Gasteiger partial charge in [0.15, 0.2) is 17.3 Å². The first-order valence-corrected chi connectivity index (χ1v) is 11.3. The van der Waals surface area contributed by atoms with Crippen LogP contribution in [0.2, 0.25) is 0 Å². The molecule has 8 nitrogen and oxygen atoms in total. The van der Waals surface area contributed by atoms with Crippen LogP contribution >= 0.6 is 0 Å². The lowest BCUT2D eigenvalue weighted by molar-refractivity contribution is -0.127. The van der Waals surface area contributed by atoms with Gasteiger partial charge in [-0.2, -0.15) is 0 Å². The molecule has 0 aliphatic heterocycles. The molecule has 1 saturated carbocycles. The second kappa shape index (κ2) is 8.11. The number of fused-ring (bicyclic) bond motifs is 3. The minimum Gasteiger partial charge on any atom is -0.511 e. The number of aliphatic hydroxyl groups excluding tert-OH is 2. The zero-order chi connectivity index (χ0) is 25.1. The van der Waals surface area contributed by atoms with Gasteiger partial charge in [-0.25, -0.2) is 0 Å². The number of carbonyl (C=O) groups excluding carboxylic acids is 3. The normalized spacial score (nSPS) is 25.1. The summed E-state index contributed by atoms with van der Waals surface area (Å²) in [5, 5.41) is 36.6. The van der Waals surface area contributed by atoms with E-state index < -0.39 is 46.5 Å². The van der Waals surface area contributed by atoms with Crippen LogP contribution in [0.1, 0.15) is 64.2 Å². The van der Waals surface area contributed by atoms with E-state index in [1.165, 1.54) is 13.0 Å². The highest BCUT2D eigenvalue weighted by molar-refractivity contribution is 6.22. The molecule has 1 fully saturated rings. The molecular weight excluding hydrogens is 438 g/mol. The number of rotatable bonds is 3. The summed E-state index contributed by atoms with van der Waals surface area (Å²) < 4.78 is 0. The summed E-state index contributed by atoms with van der Waals surface area (Å²) in [6, 6.07) is 3.13. The van der Waals surface area contributed by atoms with Crippen molar-refractivity contribution in [2.75, 3.05) is 0 Å². The van der Waals surface area contributed by atoms with Gasteiger partial charge in [-0.3, -0.25) is 14.4 Å². The third kappa shape index (κ3) is 3.81. The quantitative estimate of drug-likeness (QED) is 0.348. The third-order valence-electron chi connectivity index (χ3n) is 6.72. The van der Waals surface area contributed by atoms with E-state index in [2.05, 4.69) is 5.16 Å². The number of carbonyl (C=O) groups is 3. The van der Waals surface area contributed by atoms with Crippen LogP contribution < -0.4 is 0 Å². The number of phenols is 1. The molecule has 180 valence electrons. The largest absolute Gasteiger partial charge is 0.511 e. The van der Waals surface area contributed by atoms with E-state index in [0.29, 0.717) is 29.7 Å². The molecule has 3 N–H and O–H groups in total. The number of aromatic hydroxyl groups is 1. The molecule has 3 atom stereocenters. The number of hydrogen-bond acceptors (Lipinski definition) is 8. The summed E-state index contributed by atoms with van der Waals surface area (Å²) in [6.07, 6.45) is 0.702. The Morgan fingerprint density at radius 3 is 2.38 bits per heavy atom. The zero-order valence-electron chi connectivity index (χ0n) is 19.9. The summed E-state index contributed by atoms with van der Waals surface area (Å²) in [6.45, 7) is 8.55. The lowest BCUT2D eigenvalue weighted by Crippen LogP contribution is -2.43. The lowest BCUT2D eigenvalue weighted by Gasteiger charge is -2.41. The summed E-state index contributed by atoms with van der Waals surface area (Å²) in [4.78, 5) is 43.4. The van der Waals surface area contributed by atoms with Crippen LogP contribution in [0, 0.1) is 17.8 Å². The molecule has 0 amide bonds. The van der Waals surface area contributed by atoms with Crippen molar-refractivity contribution in [1.29, 1.82) is 0 Å². The van der Waals surface area contributed by atoms with Crippen molar-refractivity contribution in [1.82, 2.24) is 0 Å². The molecule has 34 heavy (non-hydrogen) atoms. The zero-order valence-corrected chi connectivity index (χ0v) is 19.9. The van der Waals surface area contributed by atoms with Gasteiger partial charge in [0, 0.05) is 17.6 Å². The fourth-order valence-electron chi connectivity index (χ4n) is 5.35. The van der Waals surface area contributed by atoms with E-state index >= 15 is 0 Å². The lowest BCUT2D eigenvalue weighted by atomic mass is 9.61. The Bertz CT molecular complexity index is 1210. The molecule has 0 bridgehead atoms. The van der Waals surface area contributed by atoms with Crippen LogP contribution in [-0.2, 0) is 25.6 Å². The molecule has 1 aromatic rings. The van der Waals surface area contributed by atoms with Crippen LogP contribution in [-0.4, -0.2) is 44.0 Å². The maximum absolute atomic E-state index is 13.5. The Labute approximate surface area is 197 Å². The maximum Gasteiger partial charge on any atom is 0.173 e. The molecule has 1 aromatic carbocycles. The number of Topliss-reactive ketones (excluding diaryl/α,β-unsaturated/α-hetero) is 3. The van der Waals surface area contributed by atoms with Crippen molar-refractivity contribution in [3.8, 4) is 5.75 Å². The van der Waals surface area contributed by atoms with Gasteiger partial charge in [0.2, 0.25) is 0 Å². The SMILES string of the molecule is CC(=O)C1=C(O)C2C(=O)C3=C(O)c4c(O)ccc(/C(C)=N/OC(C)(C)C)c4CC3CC2CC1=O.